The number of fused-ring (bicyclic) bond motifs is 1. The van der Waals surface area contributed by atoms with Crippen LogP contribution in [0.1, 0.15) is 13.3 Å². The van der Waals surface area contributed by atoms with E-state index in [4.69, 9.17) is 14.2 Å². The molecule has 4 atom stereocenters. The SMILES string of the molecule is CCCOC(=O)C1C2C(=O)N(c3ccc(OC)cc3)C[C@]23C=C[C@H]1O3. The van der Waals surface area contributed by atoms with Crippen LogP contribution in [0.5, 0.6) is 5.75 Å². The summed E-state index contributed by atoms with van der Waals surface area (Å²) in [6.07, 6.45) is 4.21. The number of amides is 1. The van der Waals surface area contributed by atoms with Crippen LogP contribution in [-0.4, -0.2) is 43.8 Å². The van der Waals surface area contributed by atoms with E-state index in [0.29, 0.717) is 13.2 Å². The summed E-state index contributed by atoms with van der Waals surface area (Å²) in [5.74, 6) is -0.781. The molecule has 0 saturated carbocycles. The molecule has 3 aliphatic heterocycles. The normalized spacial score (nSPS) is 32.2. The van der Waals surface area contributed by atoms with Gasteiger partial charge in [0.1, 0.15) is 17.3 Å². The molecule has 1 aromatic rings. The molecule has 0 radical (unpaired) electrons. The molecule has 6 nitrogen and oxygen atoms in total. The first-order valence-corrected chi connectivity index (χ1v) is 8.59. The summed E-state index contributed by atoms with van der Waals surface area (Å²) in [5, 5.41) is 0. The molecule has 6 heteroatoms. The molecule has 4 rings (SSSR count). The first-order chi connectivity index (χ1) is 12.1. The van der Waals surface area contributed by atoms with Crippen molar-refractivity contribution >= 4 is 17.6 Å². The van der Waals surface area contributed by atoms with Crippen molar-refractivity contribution in [2.75, 3.05) is 25.2 Å². The Labute approximate surface area is 146 Å². The summed E-state index contributed by atoms with van der Waals surface area (Å²) in [6, 6.07) is 7.31. The lowest BCUT2D eigenvalue weighted by molar-refractivity contribution is -0.152. The van der Waals surface area contributed by atoms with Crippen LogP contribution in [0.15, 0.2) is 36.4 Å². The number of carbonyl (C=O) groups excluding carboxylic acids is 2. The van der Waals surface area contributed by atoms with Gasteiger partial charge in [-0.25, -0.2) is 0 Å². The van der Waals surface area contributed by atoms with E-state index in [1.54, 1.807) is 12.0 Å². The van der Waals surface area contributed by atoms with Crippen molar-refractivity contribution < 1.29 is 23.8 Å². The Morgan fingerprint density at radius 1 is 1.36 bits per heavy atom. The van der Waals surface area contributed by atoms with Crippen molar-refractivity contribution in [1.29, 1.82) is 0 Å². The van der Waals surface area contributed by atoms with E-state index in [2.05, 4.69) is 0 Å². The van der Waals surface area contributed by atoms with Crippen molar-refractivity contribution in [1.82, 2.24) is 0 Å². The zero-order valence-electron chi connectivity index (χ0n) is 14.3. The van der Waals surface area contributed by atoms with Crippen LogP contribution < -0.4 is 9.64 Å². The molecule has 2 saturated heterocycles. The lowest BCUT2D eigenvalue weighted by atomic mass is 9.77. The minimum atomic E-state index is -0.725. The average Bonchev–Trinajstić information content (AvgIpc) is 3.28. The Morgan fingerprint density at radius 2 is 2.12 bits per heavy atom. The molecule has 1 amide bonds. The van der Waals surface area contributed by atoms with E-state index in [1.165, 1.54) is 0 Å². The smallest absolute Gasteiger partial charge is 0.312 e. The van der Waals surface area contributed by atoms with Gasteiger partial charge >= 0.3 is 5.97 Å². The average molecular weight is 343 g/mol. The molecule has 2 fully saturated rings. The maximum absolute atomic E-state index is 13.1. The molecule has 0 N–H and O–H groups in total. The molecule has 132 valence electrons. The first kappa shape index (κ1) is 16.1. The Balaban J connectivity index is 1.61. The van der Waals surface area contributed by atoms with E-state index in [-0.39, 0.29) is 18.0 Å². The number of carbonyl (C=O) groups is 2. The predicted octanol–water partition coefficient (Wildman–Crippen LogP) is 1.93. The van der Waals surface area contributed by atoms with E-state index < -0.39 is 17.4 Å². The van der Waals surface area contributed by atoms with E-state index in [9.17, 15) is 9.59 Å². The van der Waals surface area contributed by atoms with Gasteiger partial charge in [-0.15, -0.1) is 0 Å². The number of methoxy groups -OCH3 is 1. The summed E-state index contributed by atoms with van der Waals surface area (Å²) in [4.78, 5) is 27.3. The van der Waals surface area contributed by atoms with Crippen LogP contribution in [-0.2, 0) is 19.1 Å². The summed E-state index contributed by atoms with van der Waals surface area (Å²) in [5.41, 5.74) is 0.0492. The summed E-state index contributed by atoms with van der Waals surface area (Å²) < 4.78 is 16.5. The standard InChI is InChI=1S/C19H21NO5/c1-3-10-24-18(22)15-14-8-9-19(25-14)11-20(17(21)16(15)19)12-4-6-13(23-2)7-5-12/h4-9,14-16H,3,10-11H2,1-2H3/t14-,15?,16?,19-/m1/s1. The van der Waals surface area contributed by atoms with Crippen molar-refractivity contribution in [3.63, 3.8) is 0 Å². The number of ether oxygens (including phenoxy) is 3. The molecular weight excluding hydrogens is 322 g/mol. The van der Waals surface area contributed by atoms with E-state index >= 15 is 0 Å². The molecule has 1 spiro atoms. The molecule has 25 heavy (non-hydrogen) atoms. The van der Waals surface area contributed by atoms with Crippen LogP contribution >= 0.6 is 0 Å². The van der Waals surface area contributed by atoms with Gasteiger partial charge in [0.2, 0.25) is 5.91 Å². The highest BCUT2D eigenvalue weighted by atomic mass is 16.6. The number of hydrogen-bond donors (Lipinski definition) is 0. The van der Waals surface area contributed by atoms with Crippen LogP contribution in [0.25, 0.3) is 0 Å². The van der Waals surface area contributed by atoms with Gasteiger partial charge in [-0.1, -0.05) is 19.1 Å². The molecular formula is C19H21NO5. The van der Waals surface area contributed by atoms with Crippen LogP contribution in [0.3, 0.4) is 0 Å². The number of nitrogens with zero attached hydrogens (tertiary/aromatic N) is 1. The Hall–Kier alpha value is -2.34. The fourth-order valence-corrected chi connectivity index (χ4v) is 4.05. The second-order valence-electron chi connectivity index (χ2n) is 6.69. The summed E-state index contributed by atoms with van der Waals surface area (Å²) >= 11 is 0. The van der Waals surface area contributed by atoms with Crippen molar-refractivity contribution in [2.24, 2.45) is 11.8 Å². The monoisotopic (exact) mass is 343 g/mol. The third kappa shape index (κ3) is 2.35. The van der Waals surface area contributed by atoms with Gasteiger partial charge in [-0.05, 0) is 30.7 Å². The fraction of sp³-hybridized carbons (Fsp3) is 0.474. The maximum atomic E-state index is 13.1. The molecule has 0 aromatic heterocycles. The number of rotatable bonds is 5. The molecule has 2 unspecified atom stereocenters. The molecule has 3 heterocycles. The van der Waals surface area contributed by atoms with Crippen LogP contribution in [0.4, 0.5) is 5.69 Å². The van der Waals surface area contributed by atoms with Crippen molar-refractivity contribution in [3.8, 4) is 5.75 Å². The highest BCUT2D eigenvalue weighted by Gasteiger charge is 2.67. The van der Waals surface area contributed by atoms with E-state index in [1.807, 2.05) is 43.3 Å². The number of benzene rings is 1. The zero-order valence-corrected chi connectivity index (χ0v) is 14.3. The lowest BCUT2D eigenvalue weighted by Crippen LogP contribution is -2.40. The maximum Gasteiger partial charge on any atom is 0.312 e. The second kappa shape index (κ2) is 5.88. The van der Waals surface area contributed by atoms with Crippen molar-refractivity contribution in [2.45, 2.75) is 25.0 Å². The second-order valence-corrected chi connectivity index (χ2v) is 6.69. The van der Waals surface area contributed by atoms with Gasteiger partial charge in [-0.2, -0.15) is 0 Å². The van der Waals surface area contributed by atoms with Crippen LogP contribution in [0, 0.1) is 11.8 Å². The third-order valence-electron chi connectivity index (χ3n) is 5.21. The third-order valence-corrected chi connectivity index (χ3v) is 5.21. The topological polar surface area (TPSA) is 65.1 Å². The fourth-order valence-electron chi connectivity index (χ4n) is 4.05. The van der Waals surface area contributed by atoms with Gasteiger partial charge in [0.05, 0.1) is 32.3 Å². The largest absolute Gasteiger partial charge is 0.497 e. The number of esters is 1. The molecule has 1 aromatic carbocycles. The minimum absolute atomic E-state index is 0.0875. The van der Waals surface area contributed by atoms with Crippen LogP contribution in [0.2, 0.25) is 0 Å². The minimum Gasteiger partial charge on any atom is -0.497 e. The van der Waals surface area contributed by atoms with E-state index in [0.717, 1.165) is 17.9 Å². The van der Waals surface area contributed by atoms with Crippen molar-refractivity contribution in [3.05, 3.63) is 36.4 Å². The van der Waals surface area contributed by atoms with Gasteiger partial charge in [0.25, 0.3) is 0 Å². The predicted molar refractivity (Wildman–Crippen MR) is 90.3 cm³/mol. The summed E-state index contributed by atoms with van der Waals surface area (Å²) in [6.45, 7) is 2.72. The molecule has 2 bridgehead atoms. The Bertz CT molecular complexity index is 728. The Kier molecular flexibility index (Phi) is 3.80. The number of hydrogen-bond acceptors (Lipinski definition) is 5. The highest BCUT2D eigenvalue weighted by molar-refractivity contribution is 6.02. The van der Waals surface area contributed by atoms with Gasteiger partial charge in [0, 0.05) is 5.69 Å². The number of anilines is 1. The zero-order chi connectivity index (χ0) is 17.6. The lowest BCUT2D eigenvalue weighted by Gasteiger charge is -2.22. The Morgan fingerprint density at radius 3 is 2.80 bits per heavy atom. The van der Waals surface area contributed by atoms with Gasteiger partial charge in [0.15, 0.2) is 0 Å². The van der Waals surface area contributed by atoms with Gasteiger partial charge < -0.3 is 19.1 Å². The first-order valence-electron chi connectivity index (χ1n) is 8.59. The molecule has 3 aliphatic rings. The molecule has 0 aliphatic carbocycles. The quantitative estimate of drug-likeness (QED) is 0.604. The highest BCUT2D eigenvalue weighted by Crippen LogP contribution is 2.52. The summed E-state index contributed by atoms with van der Waals surface area (Å²) in [7, 11) is 1.60. The van der Waals surface area contributed by atoms with Gasteiger partial charge in [-0.3, -0.25) is 9.59 Å².